The van der Waals surface area contributed by atoms with Crippen LogP contribution in [0.5, 0.6) is 0 Å². The highest BCUT2D eigenvalue weighted by Gasteiger charge is 2.22. The minimum absolute atomic E-state index is 0.349. The van der Waals surface area contributed by atoms with Crippen LogP contribution in [0.3, 0.4) is 0 Å². The number of nitrogens with zero attached hydrogens (tertiary/aromatic N) is 3. The average Bonchev–Trinajstić information content (AvgIpc) is 3.11. The summed E-state index contributed by atoms with van der Waals surface area (Å²) >= 11 is 0. The number of carbonyl (C=O) groups excluding carboxylic acids is 1. The van der Waals surface area contributed by atoms with Crippen LogP contribution in [0.2, 0.25) is 0 Å². The second kappa shape index (κ2) is 7.42. The second-order valence-electron chi connectivity index (χ2n) is 6.20. The van der Waals surface area contributed by atoms with E-state index in [1.165, 1.54) is 6.33 Å². The Kier molecular flexibility index (Phi) is 5.07. The molecule has 1 amide bonds. The molecule has 1 aromatic carbocycles. The van der Waals surface area contributed by atoms with Crippen LogP contribution in [0.15, 0.2) is 30.9 Å². The van der Waals surface area contributed by atoms with Gasteiger partial charge in [0.1, 0.15) is 17.5 Å². The number of nitrogens with two attached hydrogens (primary N) is 1. The number of hydrogen-bond acceptors (Lipinski definition) is 4. The highest BCUT2D eigenvalue weighted by molar-refractivity contribution is 6.03. The highest BCUT2D eigenvalue weighted by atomic mass is 16.1. The van der Waals surface area contributed by atoms with E-state index in [-0.39, 0.29) is 0 Å². The molecule has 3 N–H and O–H groups in total. The maximum absolute atomic E-state index is 12.1. The molecule has 0 radical (unpaired) electrons. The van der Waals surface area contributed by atoms with Gasteiger partial charge in [-0.25, -0.2) is 15.0 Å². The van der Waals surface area contributed by atoms with Crippen molar-refractivity contribution in [1.29, 1.82) is 0 Å². The number of unbranched alkanes of at least 4 members (excludes halogenated alkanes) is 1. The van der Waals surface area contributed by atoms with E-state index in [1.54, 1.807) is 12.4 Å². The molecule has 1 atom stereocenters. The zero-order valence-corrected chi connectivity index (χ0v) is 14.6. The van der Waals surface area contributed by atoms with Crippen molar-refractivity contribution in [3.8, 4) is 11.3 Å². The molecule has 130 valence electrons. The molecule has 0 saturated heterocycles. The normalized spacial score (nSPS) is 12.4. The number of amides is 1. The first kappa shape index (κ1) is 17.1. The minimum Gasteiger partial charge on any atom is -0.366 e. The van der Waals surface area contributed by atoms with Crippen molar-refractivity contribution in [2.45, 2.75) is 45.4 Å². The Hall–Kier alpha value is -2.76. The van der Waals surface area contributed by atoms with Gasteiger partial charge in [-0.05, 0) is 30.4 Å². The fraction of sp³-hybridized carbons (Fsp3) is 0.368. The molecule has 6 heteroatoms. The molecular formula is C19H23N5O. The Morgan fingerprint density at radius 2 is 2.08 bits per heavy atom. The summed E-state index contributed by atoms with van der Waals surface area (Å²) < 4.78 is 0. The smallest absolute Gasteiger partial charge is 0.249 e. The van der Waals surface area contributed by atoms with Gasteiger partial charge in [-0.3, -0.25) is 4.79 Å². The lowest BCUT2D eigenvalue weighted by Gasteiger charge is -2.20. The monoisotopic (exact) mass is 337 g/mol. The van der Waals surface area contributed by atoms with Crippen LogP contribution in [0.25, 0.3) is 22.4 Å². The van der Waals surface area contributed by atoms with Crippen molar-refractivity contribution in [1.82, 2.24) is 19.9 Å². The number of fused-ring (bicyclic) bond motifs is 1. The molecule has 3 aromatic rings. The number of hydrogen-bond donors (Lipinski definition) is 2. The van der Waals surface area contributed by atoms with Crippen molar-refractivity contribution in [3.05, 3.63) is 42.0 Å². The third-order valence-corrected chi connectivity index (χ3v) is 4.66. The standard InChI is InChI=1S/C19H23N5O/c1-3-5-7-12(4-2)13-8-6-9-14(18(20)25)15(13)16-17-19(23-10-21-16)24-11-22-17/h6,8-12H,3-5,7H2,1-2H3,(H2,20,25)(H,21,22,23,24). The topological polar surface area (TPSA) is 97.6 Å². The lowest BCUT2D eigenvalue weighted by molar-refractivity contribution is 0.100. The Bertz CT molecular complexity index is 886. The number of aromatic amines is 1. The molecule has 0 bridgehead atoms. The first-order valence-corrected chi connectivity index (χ1v) is 8.74. The number of H-pyrrole nitrogens is 1. The number of primary amides is 1. The van der Waals surface area contributed by atoms with Gasteiger partial charge in [-0.15, -0.1) is 0 Å². The van der Waals surface area contributed by atoms with Crippen molar-refractivity contribution in [2.75, 3.05) is 0 Å². The van der Waals surface area contributed by atoms with Crippen LogP contribution >= 0.6 is 0 Å². The van der Waals surface area contributed by atoms with Crippen molar-refractivity contribution in [2.24, 2.45) is 5.73 Å². The summed E-state index contributed by atoms with van der Waals surface area (Å²) in [6.45, 7) is 4.36. The third kappa shape index (κ3) is 3.24. The Morgan fingerprint density at radius 3 is 2.80 bits per heavy atom. The first-order chi connectivity index (χ1) is 12.2. The fourth-order valence-corrected chi connectivity index (χ4v) is 3.36. The van der Waals surface area contributed by atoms with E-state index in [0.717, 1.165) is 42.3 Å². The Labute approximate surface area is 146 Å². The number of aromatic nitrogens is 4. The summed E-state index contributed by atoms with van der Waals surface area (Å²) in [6.07, 6.45) is 7.41. The zero-order valence-electron chi connectivity index (χ0n) is 14.6. The average molecular weight is 337 g/mol. The SMILES string of the molecule is CCCCC(CC)c1cccc(C(N)=O)c1-c1ncnc2nc[nH]c12. The van der Waals surface area contributed by atoms with Crippen molar-refractivity contribution >= 4 is 17.1 Å². The van der Waals surface area contributed by atoms with Crippen LogP contribution in [-0.4, -0.2) is 25.8 Å². The fourth-order valence-electron chi connectivity index (χ4n) is 3.36. The van der Waals surface area contributed by atoms with Crippen molar-refractivity contribution in [3.63, 3.8) is 0 Å². The van der Waals surface area contributed by atoms with Gasteiger partial charge < -0.3 is 10.7 Å². The van der Waals surface area contributed by atoms with Gasteiger partial charge in [0.05, 0.1) is 6.33 Å². The number of carbonyl (C=O) groups is 1. The molecule has 2 aromatic heterocycles. The van der Waals surface area contributed by atoms with Gasteiger partial charge in [-0.1, -0.05) is 38.8 Å². The van der Waals surface area contributed by atoms with Crippen molar-refractivity contribution < 1.29 is 4.79 Å². The van der Waals surface area contributed by atoms with E-state index in [0.29, 0.717) is 22.8 Å². The van der Waals surface area contributed by atoms with Gasteiger partial charge in [0.2, 0.25) is 5.91 Å². The number of benzene rings is 1. The molecular weight excluding hydrogens is 314 g/mol. The predicted molar refractivity (Wildman–Crippen MR) is 98.2 cm³/mol. The minimum atomic E-state index is -0.450. The largest absolute Gasteiger partial charge is 0.366 e. The molecule has 25 heavy (non-hydrogen) atoms. The maximum Gasteiger partial charge on any atom is 0.249 e. The molecule has 0 aliphatic rings. The summed E-state index contributed by atoms with van der Waals surface area (Å²) in [5.74, 6) is -0.101. The van der Waals surface area contributed by atoms with Gasteiger partial charge in [0, 0.05) is 11.1 Å². The van der Waals surface area contributed by atoms with Gasteiger partial charge in [0.25, 0.3) is 0 Å². The van der Waals surface area contributed by atoms with E-state index in [9.17, 15) is 4.79 Å². The summed E-state index contributed by atoms with van der Waals surface area (Å²) in [5, 5.41) is 0. The molecule has 0 spiro atoms. The summed E-state index contributed by atoms with van der Waals surface area (Å²) in [6, 6.07) is 5.74. The summed E-state index contributed by atoms with van der Waals surface area (Å²) in [7, 11) is 0. The molecule has 6 nitrogen and oxygen atoms in total. The van der Waals surface area contributed by atoms with Gasteiger partial charge in [0.15, 0.2) is 5.65 Å². The van der Waals surface area contributed by atoms with E-state index < -0.39 is 5.91 Å². The molecule has 2 heterocycles. The molecule has 0 saturated carbocycles. The lowest BCUT2D eigenvalue weighted by Crippen LogP contribution is -2.15. The first-order valence-electron chi connectivity index (χ1n) is 8.74. The lowest BCUT2D eigenvalue weighted by atomic mass is 9.84. The predicted octanol–water partition coefficient (Wildman–Crippen LogP) is 3.80. The Balaban J connectivity index is 2.26. The number of imidazole rings is 1. The van der Waals surface area contributed by atoms with Crippen LogP contribution in [0.4, 0.5) is 0 Å². The molecule has 0 aliphatic carbocycles. The molecule has 0 aliphatic heterocycles. The molecule has 0 fully saturated rings. The van der Waals surface area contributed by atoms with Crippen LogP contribution in [0, 0.1) is 0 Å². The van der Waals surface area contributed by atoms with Crippen LogP contribution in [0.1, 0.15) is 61.4 Å². The summed E-state index contributed by atoms with van der Waals surface area (Å²) in [5.41, 5.74) is 10.1. The quantitative estimate of drug-likeness (QED) is 0.685. The van der Waals surface area contributed by atoms with Crippen LogP contribution < -0.4 is 5.73 Å². The maximum atomic E-state index is 12.1. The van der Waals surface area contributed by atoms with Gasteiger partial charge >= 0.3 is 0 Å². The van der Waals surface area contributed by atoms with E-state index >= 15 is 0 Å². The molecule has 1 unspecified atom stereocenters. The third-order valence-electron chi connectivity index (χ3n) is 4.66. The van der Waals surface area contributed by atoms with Gasteiger partial charge in [-0.2, -0.15) is 0 Å². The number of rotatable bonds is 7. The van der Waals surface area contributed by atoms with Crippen LogP contribution in [-0.2, 0) is 0 Å². The van der Waals surface area contributed by atoms with E-state index in [2.05, 4.69) is 39.8 Å². The highest BCUT2D eigenvalue weighted by Crippen LogP contribution is 2.37. The Morgan fingerprint density at radius 1 is 1.24 bits per heavy atom. The van der Waals surface area contributed by atoms with E-state index in [1.807, 2.05) is 6.07 Å². The summed E-state index contributed by atoms with van der Waals surface area (Å²) in [4.78, 5) is 28.0. The molecule has 3 rings (SSSR count). The number of nitrogens with one attached hydrogen (secondary N) is 1. The van der Waals surface area contributed by atoms with E-state index in [4.69, 9.17) is 5.73 Å². The second-order valence-corrected chi connectivity index (χ2v) is 6.20. The zero-order chi connectivity index (χ0) is 17.8.